The van der Waals surface area contributed by atoms with Crippen LogP contribution >= 0.6 is 0 Å². The number of ether oxygens (including phenoxy) is 2. The van der Waals surface area contributed by atoms with E-state index in [9.17, 15) is 19.8 Å². The maximum atomic E-state index is 12.6. The number of aromatic hydroxyl groups is 2. The van der Waals surface area contributed by atoms with Crippen LogP contribution in [0.3, 0.4) is 0 Å². The molecule has 0 saturated carbocycles. The first-order valence-corrected chi connectivity index (χ1v) is 25.8. The smallest absolute Gasteiger partial charge is 0.335 e. The average Bonchev–Trinajstić information content (AvgIpc) is 3.27. The number of hydrogen-bond donors (Lipinski definition) is 2. The normalized spacial score (nSPS) is 12.5. The molecule has 4 aromatic carbocycles. The Labute approximate surface area is 419 Å². The summed E-state index contributed by atoms with van der Waals surface area (Å²) in [5.41, 5.74) is 11.6. The highest BCUT2D eigenvalue weighted by Crippen LogP contribution is 2.47. The lowest BCUT2D eigenvalue weighted by molar-refractivity contribution is -0.130. The van der Waals surface area contributed by atoms with Crippen LogP contribution in [0.2, 0.25) is 0 Å². The van der Waals surface area contributed by atoms with Crippen LogP contribution in [0.25, 0.3) is 0 Å². The van der Waals surface area contributed by atoms with Crippen LogP contribution in [-0.4, -0.2) is 22.2 Å². The number of carbonyl (C=O) groups is 2. The summed E-state index contributed by atoms with van der Waals surface area (Å²) < 4.78 is 11.7. The molecule has 4 aromatic rings. The van der Waals surface area contributed by atoms with Gasteiger partial charge in [-0.25, -0.2) is 9.59 Å². The minimum atomic E-state index is -0.482. The summed E-state index contributed by atoms with van der Waals surface area (Å²) in [6, 6.07) is 17.0. The molecule has 0 aliphatic heterocycles. The van der Waals surface area contributed by atoms with E-state index in [4.69, 9.17) is 9.47 Å². The molecule has 0 aromatic heterocycles. The van der Waals surface area contributed by atoms with Crippen LogP contribution in [-0.2, 0) is 50.5 Å². The monoisotopic (exact) mass is 943 g/mol. The molecule has 0 radical (unpaired) electrons. The molecule has 1 atom stereocenters. The summed E-state index contributed by atoms with van der Waals surface area (Å²) in [6.07, 6.45) is 13.4. The Morgan fingerprint density at radius 3 is 1.58 bits per heavy atom. The minimum Gasteiger partial charge on any atom is -0.507 e. The number of esters is 2. The fraction of sp³-hybridized carbons (Fsp3) is 0.524. The van der Waals surface area contributed by atoms with Gasteiger partial charge < -0.3 is 19.7 Å². The molecule has 378 valence electrons. The van der Waals surface area contributed by atoms with Crippen molar-refractivity contribution >= 4 is 11.9 Å². The van der Waals surface area contributed by atoms with Gasteiger partial charge in [-0.2, -0.15) is 0 Å². The molecular weight excluding hydrogens is 853 g/mol. The van der Waals surface area contributed by atoms with E-state index in [1.54, 1.807) is 0 Å². The van der Waals surface area contributed by atoms with Crippen LogP contribution in [0.4, 0.5) is 0 Å². The lowest BCUT2D eigenvalue weighted by Gasteiger charge is -2.32. The van der Waals surface area contributed by atoms with Crippen molar-refractivity contribution in [1.82, 2.24) is 0 Å². The Morgan fingerprint density at radius 1 is 0.565 bits per heavy atom. The quantitative estimate of drug-likeness (QED) is 0.0397. The van der Waals surface area contributed by atoms with Gasteiger partial charge in [0.15, 0.2) is 0 Å². The van der Waals surface area contributed by atoms with E-state index in [0.717, 1.165) is 107 Å². The maximum Gasteiger partial charge on any atom is 0.335 e. The molecule has 6 heteroatoms. The molecule has 2 N–H and O–H groups in total. The molecule has 1 unspecified atom stereocenters. The number of carbonyl (C=O) groups excluding carboxylic acids is 2. The second-order valence-corrected chi connectivity index (χ2v) is 22.8. The molecule has 69 heavy (non-hydrogen) atoms. The molecule has 0 bridgehead atoms. The molecule has 0 spiro atoms. The largest absolute Gasteiger partial charge is 0.507 e. The lowest BCUT2D eigenvalue weighted by atomic mass is 9.73. The summed E-state index contributed by atoms with van der Waals surface area (Å²) in [7, 11) is 0. The topological polar surface area (TPSA) is 93.1 Å². The predicted octanol–water partition coefficient (Wildman–Crippen LogP) is 16.8. The van der Waals surface area contributed by atoms with E-state index in [-0.39, 0.29) is 27.6 Å². The highest BCUT2D eigenvalue weighted by molar-refractivity contribution is 5.84. The van der Waals surface area contributed by atoms with Crippen molar-refractivity contribution in [2.75, 3.05) is 0 Å². The summed E-state index contributed by atoms with van der Waals surface area (Å²) in [5.74, 6) is 0.784. The lowest BCUT2D eigenvalue weighted by Crippen LogP contribution is -2.21. The first-order valence-electron chi connectivity index (χ1n) is 25.8. The minimum absolute atomic E-state index is 0.0355. The van der Waals surface area contributed by atoms with E-state index in [0.29, 0.717) is 29.4 Å². The third-order valence-corrected chi connectivity index (χ3v) is 14.1. The molecule has 0 heterocycles. The van der Waals surface area contributed by atoms with Gasteiger partial charge >= 0.3 is 11.9 Å². The number of phenols is 2. The van der Waals surface area contributed by atoms with Crippen molar-refractivity contribution < 1.29 is 29.3 Å². The fourth-order valence-corrected chi connectivity index (χ4v) is 8.87. The van der Waals surface area contributed by atoms with Crippen LogP contribution in [0.15, 0.2) is 73.8 Å². The predicted molar refractivity (Wildman–Crippen MR) is 291 cm³/mol. The van der Waals surface area contributed by atoms with Crippen molar-refractivity contribution in [3.8, 4) is 23.0 Å². The van der Waals surface area contributed by atoms with Crippen LogP contribution in [0.5, 0.6) is 23.0 Å². The molecule has 0 saturated heterocycles. The van der Waals surface area contributed by atoms with E-state index in [2.05, 4.69) is 147 Å². The second-order valence-electron chi connectivity index (χ2n) is 22.8. The Morgan fingerprint density at radius 2 is 1.07 bits per heavy atom. The zero-order chi connectivity index (χ0) is 52.2. The van der Waals surface area contributed by atoms with Gasteiger partial charge in [-0.15, -0.1) is 0 Å². The number of hydrogen-bond acceptors (Lipinski definition) is 6. The van der Waals surface area contributed by atoms with E-state index in [1.165, 1.54) is 36.1 Å². The molecule has 0 aliphatic rings. The van der Waals surface area contributed by atoms with Gasteiger partial charge in [0.25, 0.3) is 0 Å². The van der Waals surface area contributed by atoms with Crippen molar-refractivity contribution in [2.45, 2.75) is 216 Å². The Kier molecular flexibility index (Phi) is 20.8. The Balaban J connectivity index is 0.000000384. The van der Waals surface area contributed by atoms with E-state index in [1.807, 2.05) is 32.0 Å². The SMILES string of the molecule is C=CC(=O)Oc1c(CCCCC)cc(CCCCC)cc1C(C)c1cc(C(C)(C)CC)cc(C(C)(C)CC)c1O.C=CC(=O)Oc1c(Cc2cc(C)cc(C(C)(C)C)c2O)cc(C)cc1C(C)(C)C. The number of phenolic OH excluding ortho intramolecular Hbond substituents is 2. The average molecular weight is 943 g/mol. The number of unbranched alkanes of at least 4 members (excludes halogenated alkanes) is 4. The third-order valence-electron chi connectivity index (χ3n) is 14.1. The van der Waals surface area contributed by atoms with Crippen molar-refractivity contribution in [1.29, 1.82) is 0 Å². The van der Waals surface area contributed by atoms with Crippen LogP contribution in [0, 0.1) is 13.8 Å². The van der Waals surface area contributed by atoms with Crippen molar-refractivity contribution in [2.24, 2.45) is 0 Å². The fourth-order valence-electron chi connectivity index (χ4n) is 8.87. The molecule has 0 amide bonds. The maximum absolute atomic E-state index is 12.6. The van der Waals surface area contributed by atoms with Gasteiger partial charge in [-0.05, 0) is 107 Å². The standard InChI is InChI=1S/C37H56O3.C26H34O3/c1-11-16-18-20-27-22-28(21-19-17-12-2)35(40-33(38)13-3)31(23-27)26(6)30-24-29(36(7,8)14-4)25-32(34(30)39)37(9,10)15-5;1-10-22(27)29-24-19(12-17(3)14-21(24)26(7,8)9)15-18-11-16(2)13-20(23(18)28)25(4,5)6/h13,22-26,39H,3,11-12,14-21H2,1-2,4-10H3;10-14,28H,1,15H2,2-9H3. The first-order chi connectivity index (χ1) is 32.1. The second kappa shape index (κ2) is 24.6. The van der Waals surface area contributed by atoms with Crippen LogP contribution in [0.1, 0.15) is 228 Å². The summed E-state index contributed by atoms with van der Waals surface area (Å²) in [6.45, 7) is 43.7. The van der Waals surface area contributed by atoms with Gasteiger partial charge in [-0.3, -0.25) is 0 Å². The van der Waals surface area contributed by atoms with Gasteiger partial charge in [0.1, 0.15) is 23.0 Å². The third kappa shape index (κ3) is 15.4. The van der Waals surface area contributed by atoms with Crippen molar-refractivity contribution in [3.63, 3.8) is 0 Å². The van der Waals surface area contributed by atoms with E-state index < -0.39 is 11.9 Å². The number of benzene rings is 4. The summed E-state index contributed by atoms with van der Waals surface area (Å²) >= 11 is 0. The molecule has 6 nitrogen and oxygen atoms in total. The Hall–Kier alpha value is -5.10. The van der Waals surface area contributed by atoms with Gasteiger partial charge in [0, 0.05) is 46.7 Å². The van der Waals surface area contributed by atoms with Gasteiger partial charge in [-0.1, -0.05) is 202 Å². The molecular formula is C63H90O6. The molecule has 4 rings (SSSR count). The summed E-state index contributed by atoms with van der Waals surface area (Å²) in [5, 5.41) is 22.8. The van der Waals surface area contributed by atoms with E-state index >= 15 is 0 Å². The van der Waals surface area contributed by atoms with Gasteiger partial charge in [0.05, 0.1) is 0 Å². The van der Waals surface area contributed by atoms with Crippen molar-refractivity contribution in [3.05, 3.63) is 141 Å². The Bertz CT molecular complexity index is 2410. The summed E-state index contributed by atoms with van der Waals surface area (Å²) in [4.78, 5) is 24.7. The molecule has 0 aliphatic carbocycles. The zero-order valence-electron chi connectivity index (χ0n) is 46.1. The number of rotatable bonds is 20. The molecule has 0 fully saturated rings. The first kappa shape index (κ1) is 58.2. The zero-order valence-corrected chi connectivity index (χ0v) is 46.1. The highest BCUT2D eigenvalue weighted by Gasteiger charge is 2.32. The van der Waals surface area contributed by atoms with Gasteiger partial charge in [0.2, 0.25) is 0 Å². The highest BCUT2D eigenvalue weighted by atomic mass is 16.5. The van der Waals surface area contributed by atoms with Crippen LogP contribution < -0.4 is 9.47 Å². The number of aryl methyl sites for hydroxylation is 4.